The zero-order chi connectivity index (χ0) is 21.4. The molecule has 0 bridgehead atoms. The molecule has 0 fully saturated rings. The average molecular weight is 438 g/mol. The minimum atomic E-state index is -0.860. The van der Waals surface area contributed by atoms with Crippen LogP contribution in [0, 0.1) is 0 Å². The zero-order valence-corrected chi connectivity index (χ0v) is 17.5. The predicted molar refractivity (Wildman–Crippen MR) is 112 cm³/mol. The molecule has 0 heterocycles. The first kappa shape index (κ1) is 22.5. The molecule has 0 aromatic heterocycles. The van der Waals surface area contributed by atoms with Crippen molar-refractivity contribution in [2.75, 3.05) is 18.9 Å². The van der Waals surface area contributed by atoms with E-state index < -0.39 is 23.9 Å². The van der Waals surface area contributed by atoms with E-state index in [0.29, 0.717) is 15.7 Å². The van der Waals surface area contributed by atoms with Crippen molar-refractivity contribution in [3.8, 4) is 0 Å². The van der Waals surface area contributed by atoms with Gasteiger partial charge in [0.1, 0.15) is 12.6 Å². The third-order valence-electron chi connectivity index (χ3n) is 3.88. The third-order valence-corrected chi connectivity index (χ3v) is 4.62. The second kappa shape index (κ2) is 10.7. The Balaban J connectivity index is 1.79. The third kappa shape index (κ3) is 7.29. The van der Waals surface area contributed by atoms with E-state index in [9.17, 15) is 14.4 Å². The Morgan fingerprint density at radius 3 is 2.41 bits per heavy atom. The van der Waals surface area contributed by atoms with E-state index in [2.05, 4.69) is 10.6 Å². The van der Waals surface area contributed by atoms with Gasteiger partial charge in [0.05, 0.1) is 16.6 Å². The number of likely N-dealkylation sites (N-methyl/N-ethyl adjacent to an activating group) is 1. The van der Waals surface area contributed by atoms with Gasteiger partial charge in [0.25, 0.3) is 0 Å². The lowest BCUT2D eigenvalue weighted by molar-refractivity contribution is -0.134. The van der Waals surface area contributed by atoms with E-state index in [1.165, 1.54) is 24.9 Å². The lowest BCUT2D eigenvalue weighted by Gasteiger charge is -2.21. The van der Waals surface area contributed by atoms with Crippen LogP contribution in [-0.2, 0) is 20.9 Å². The minimum Gasteiger partial charge on any atom is -0.445 e. The van der Waals surface area contributed by atoms with Gasteiger partial charge < -0.3 is 20.3 Å². The number of hydrogen-bond acceptors (Lipinski definition) is 4. The number of nitrogens with one attached hydrogen (secondary N) is 2. The van der Waals surface area contributed by atoms with E-state index in [0.717, 1.165) is 5.56 Å². The zero-order valence-electron chi connectivity index (χ0n) is 15.9. The normalized spacial score (nSPS) is 11.3. The number of amides is 3. The topological polar surface area (TPSA) is 87.7 Å². The summed E-state index contributed by atoms with van der Waals surface area (Å²) in [6.45, 7) is 1.40. The molecule has 0 aliphatic rings. The Kier molecular flexibility index (Phi) is 8.30. The fraction of sp³-hybridized carbons (Fsp3) is 0.250. The molecule has 29 heavy (non-hydrogen) atoms. The van der Waals surface area contributed by atoms with Crippen LogP contribution in [0.2, 0.25) is 10.0 Å². The van der Waals surface area contributed by atoms with Gasteiger partial charge in [0.2, 0.25) is 11.8 Å². The average Bonchev–Trinajstić information content (AvgIpc) is 2.69. The number of alkyl carbamates (subject to hydrolysis) is 1. The fourth-order valence-corrected chi connectivity index (χ4v) is 2.70. The Bertz CT molecular complexity index is 877. The molecule has 9 heteroatoms. The van der Waals surface area contributed by atoms with E-state index in [1.807, 2.05) is 30.3 Å². The van der Waals surface area contributed by atoms with Crippen molar-refractivity contribution in [2.45, 2.75) is 19.6 Å². The lowest BCUT2D eigenvalue weighted by atomic mass is 10.2. The van der Waals surface area contributed by atoms with Crippen LogP contribution in [0.1, 0.15) is 12.5 Å². The van der Waals surface area contributed by atoms with Gasteiger partial charge >= 0.3 is 6.09 Å². The summed E-state index contributed by atoms with van der Waals surface area (Å²) in [5, 5.41) is 5.75. The maximum absolute atomic E-state index is 12.4. The second-order valence-electron chi connectivity index (χ2n) is 6.30. The summed E-state index contributed by atoms with van der Waals surface area (Å²) in [5.74, 6) is -0.857. The number of benzene rings is 2. The van der Waals surface area contributed by atoms with Gasteiger partial charge in [-0.1, -0.05) is 53.5 Å². The Morgan fingerprint density at radius 1 is 1.07 bits per heavy atom. The molecular weight excluding hydrogens is 417 g/mol. The first-order valence-electron chi connectivity index (χ1n) is 8.73. The predicted octanol–water partition coefficient (Wildman–Crippen LogP) is 3.71. The molecule has 0 saturated heterocycles. The van der Waals surface area contributed by atoms with Crippen LogP contribution in [0.25, 0.3) is 0 Å². The van der Waals surface area contributed by atoms with Crippen LogP contribution in [0.15, 0.2) is 48.5 Å². The maximum atomic E-state index is 12.4. The molecule has 154 valence electrons. The molecule has 0 saturated carbocycles. The van der Waals surface area contributed by atoms with Gasteiger partial charge in [0, 0.05) is 12.7 Å². The highest BCUT2D eigenvalue weighted by molar-refractivity contribution is 6.42. The first-order valence-corrected chi connectivity index (χ1v) is 9.49. The van der Waals surface area contributed by atoms with Crippen LogP contribution in [0.5, 0.6) is 0 Å². The Labute approximate surface area is 178 Å². The number of ether oxygens (including phenoxy) is 1. The quantitative estimate of drug-likeness (QED) is 0.690. The molecule has 1 atom stereocenters. The van der Waals surface area contributed by atoms with Crippen LogP contribution < -0.4 is 10.6 Å². The van der Waals surface area contributed by atoms with Crippen LogP contribution in [-0.4, -0.2) is 42.4 Å². The van der Waals surface area contributed by atoms with Crippen molar-refractivity contribution in [1.82, 2.24) is 10.2 Å². The number of nitrogens with zero attached hydrogens (tertiary/aromatic N) is 1. The van der Waals surface area contributed by atoms with Crippen molar-refractivity contribution >= 4 is 46.8 Å². The molecule has 7 nitrogen and oxygen atoms in total. The summed E-state index contributed by atoms with van der Waals surface area (Å²) in [6.07, 6.45) is -0.719. The fourth-order valence-electron chi connectivity index (χ4n) is 2.40. The number of halogens is 2. The van der Waals surface area contributed by atoms with E-state index in [1.54, 1.807) is 12.1 Å². The summed E-state index contributed by atoms with van der Waals surface area (Å²) in [4.78, 5) is 37.6. The largest absolute Gasteiger partial charge is 0.445 e. The molecule has 2 aromatic carbocycles. The van der Waals surface area contributed by atoms with Crippen molar-refractivity contribution < 1.29 is 19.1 Å². The molecule has 0 aliphatic carbocycles. The maximum Gasteiger partial charge on any atom is 0.408 e. The van der Waals surface area contributed by atoms with Crippen molar-refractivity contribution in [3.05, 3.63) is 64.1 Å². The first-order chi connectivity index (χ1) is 13.8. The minimum absolute atomic E-state index is 0.0927. The molecule has 2 rings (SSSR count). The second-order valence-corrected chi connectivity index (χ2v) is 7.11. The summed E-state index contributed by atoms with van der Waals surface area (Å²) < 4.78 is 5.09. The molecular formula is C20H21Cl2N3O4. The van der Waals surface area contributed by atoms with Crippen molar-refractivity contribution in [2.24, 2.45) is 0 Å². The summed E-state index contributed by atoms with van der Waals surface area (Å²) >= 11 is 11.7. The number of carbonyl (C=O) groups is 3. The van der Waals surface area contributed by atoms with Gasteiger partial charge in [-0.2, -0.15) is 0 Å². The van der Waals surface area contributed by atoms with Gasteiger partial charge in [-0.15, -0.1) is 0 Å². The SMILES string of the molecule is C[C@H](NC(=O)OCc1ccccc1)C(=O)N(C)CC(=O)Nc1ccc(Cl)c(Cl)c1. The summed E-state index contributed by atoms with van der Waals surface area (Å²) in [6, 6.07) is 13.0. The molecule has 0 unspecified atom stereocenters. The standard InChI is InChI=1S/C20H21Cl2N3O4/c1-13(23-20(28)29-12-14-6-4-3-5-7-14)19(27)25(2)11-18(26)24-15-8-9-16(21)17(22)10-15/h3-10,13H,11-12H2,1-2H3,(H,23,28)(H,24,26)/t13-/m0/s1. The molecule has 2 aromatic rings. The Hall–Kier alpha value is -2.77. The van der Waals surface area contributed by atoms with Crippen molar-refractivity contribution in [3.63, 3.8) is 0 Å². The van der Waals surface area contributed by atoms with Gasteiger partial charge in [-0.3, -0.25) is 9.59 Å². The van der Waals surface area contributed by atoms with Crippen LogP contribution in [0.4, 0.5) is 10.5 Å². The van der Waals surface area contributed by atoms with Crippen LogP contribution in [0.3, 0.4) is 0 Å². The molecule has 0 radical (unpaired) electrons. The van der Waals surface area contributed by atoms with E-state index in [4.69, 9.17) is 27.9 Å². The number of carbonyl (C=O) groups excluding carboxylic acids is 3. The number of rotatable bonds is 7. The van der Waals surface area contributed by atoms with Crippen molar-refractivity contribution in [1.29, 1.82) is 0 Å². The smallest absolute Gasteiger partial charge is 0.408 e. The summed E-state index contributed by atoms with van der Waals surface area (Å²) in [5.41, 5.74) is 1.29. The molecule has 0 aliphatic heterocycles. The lowest BCUT2D eigenvalue weighted by Crippen LogP contribution is -2.47. The monoisotopic (exact) mass is 437 g/mol. The summed E-state index contributed by atoms with van der Waals surface area (Å²) in [7, 11) is 1.46. The van der Waals surface area contributed by atoms with Crippen LogP contribution >= 0.6 is 23.2 Å². The van der Waals surface area contributed by atoms with E-state index >= 15 is 0 Å². The number of hydrogen-bond donors (Lipinski definition) is 2. The highest BCUT2D eigenvalue weighted by Crippen LogP contribution is 2.24. The molecule has 0 spiro atoms. The Morgan fingerprint density at radius 2 is 1.76 bits per heavy atom. The van der Waals surface area contributed by atoms with E-state index in [-0.39, 0.29) is 13.2 Å². The molecule has 3 amide bonds. The van der Waals surface area contributed by atoms with Gasteiger partial charge in [-0.05, 0) is 30.7 Å². The highest BCUT2D eigenvalue weighted by Gasteiger charge is 2.22. The van der Waals surface area contributed by atoms with Gasteiger partial charge in [-0.25, -0.2) is 4.79 Å². The highest BCUT2D eigenvalue weighted by atomic mass is 35.5. The van der Waals surface area contributed by atoms with Gasteiger partial charge in [0.15, 0.2) is 0 Å². The molecule has 2 N–H and O–H groups in total. The number of anilines is 1.